The first-order valence-corrected chi connectivity index (χ1v) is 9.11. The molecule has 0 N–H and O–H groups in total. The van der Waals surface area contributed by atoms with E-state index in [2.05, 4.69) is 0 Å². The third kappa shape index (κ3) is 11.5. The SMILES string of the molecule is CN(C(=O)CCC(=O)N(C)C(=O)OCC[N+](C)(C)C)C(=O)OCC[N+](C)(C)C. The summed E-state index contributed by atoms with van der Waals surface area (Å²) >= 11 is 0. The fraction of sp³-hybridized carbons (Fsp3) is 0.778. The molecule has 10 heteroatoms. The highest BCUT2D eigenvalue weighted by Crippen LogP contribution is 2.04. The van der Waals surface area contributed by atoms with Gasteiger partial charge in [-0.05, 0) is 0 Å². The van der Waals surface area contributed by atoms with Crippen molar-refractivity contribution in [3.63, 3.8) is 0 Å². The summed E-state index contributed by atoms with van der Waals surface area (Å²) in [4.78, 5) is 49.5. The lowest BCUT2D eigenvalue weighted by Gasteiger charge is -2.24. The standard InChI is InChI=1S/C18H36N4O6/c1-19(17(25)27-13-11-21(3,4)5)15(23)9-10-16(24)20(2)18(26)28-14-12-22(6,7)8/h9-14H2,1-8H3/q+2. The van der Waals surface area contributed by atoms with Gasteiger partial charge in [0.2, 0.25) is 11.8 Å². The van der Waals surface area contributed by atoms with Crippen LogP contribution in [0.15, 0.2) is 0 Å². The average Bonchev–Trinajstić information content (AvgIpc) is 2.55. The Balaban J connectivity index is 4.32. The van der Waals surface area contributed by atoms with Crippen molar-refractivity contribution < 1.29 is 37.6 Å². The zero-order chi connectivity index (χ0) is 22.1. The molecule has 0 saturated heterocycles. The van der Waals surface area contributed by atoms with Gasteiger partial charge < -0.3 is 18.4 Å². The van der Waals surface area contributed by atoms with Crippen LogP contribution in [0.4, 0.5) is 9.59 Å². The molecule has 0 aromatic heterocycles. The molecule has 28 heavy (non-hydrogen) atoms. The van der Waals surface area contributed by atoms with Crippen molar-refractivity contribution in [1.82, 2.24) is 9.80 Å². The molecular weight excluding hydrogens is 368 g/mol. The summed E-state index contributed by atoms with van der Waals surface area (Å²) in [6.45, 7) is 1.57. The number of imide groups is 2. The molecule has 0 aliphatic rings. The Hall–Kier alpha value is -2.20. The van der Waals surface area contributed by atoms with Crippen LogP contribution < -0.4 is 0 Å². The molecule has 0 spiro atoms. The van der Waals surface area contributed by atoms with E-state index in [-0.39, 0.29) is 26.1 Å². The van der Waals surface area contributed by atoms with Crippen molar-refractivity contribution in [2.75, 3.05) is 82.7 Å². The number of hydrogen-bond acceptors (Lipinski definition) is 6. The van der Waals surface area contributed by atoms with Gasteiger partial charge in [0, 0.05) is 26.9 Å². The van der Waals surface area contributed by atoms with E-state index in [4.69, 9.17) is 9.47 Å². The van der Waals surface area contributed by atoms with Crippen molar-refractivity contribution in [3.05, 3.63) is 0 Å². The van der Waals surface area contributed by atoms with Crippen LogP contribution in [0.5, 0.6) is 0 Å². The van der Waals surface area contributed by atoms with Crippen LogP contribution in [0.2, 0.25) is 0 Å². The number of nitrogens with zero attached hydrogens (tertiary/aromatic N) is 4. The fourth-order valence-corrected chi connectivity index (χ4v) is 1.76. The van der Waals surface area contributed by atoms with E-state index < -0.39 is 24.0 Å². The van der Waals surface area contributed by atoms with Crippen molar-refractivity contribution in [2.24, 2.45) is 0 Å². The van der Waals surface area contributed by atoms with Gasteiger partial charge in [-0.15, -0.1) is 0 Å². The Morgan fingerprint density at radius 3 is 1.18 bits per heavy atom. The van der Waals surface area contributed by atoms with E-state index in [1.165, 1.54) is 14.1 Å². The zero-order valence-corrected chi connectivity index (χ0v) is 18.5. The minimum atomic E-state index is -0.765. The predicted octanol–water partition coefficient (Wildman–Crippen LogP) is 0.369. The van der Waals surface area contributed by atoms with Gasteiger partial charge in [0.15, 0.2) is 0 Å². The molecule has 162 valence electrons. The van der Waals surface area contributed by atoms with Gasteiger partial charge in [-0.25, -0.2) is 9.59 Å². The van der Waals surface area contributed by atoms with Crippen LogP contribution in [0, 0.1) is 0 Å². The Kier molecular flexibility index (Phi) is 10.1. The molecule has 0 radical (unpaired) electrons. The van der Waals surface area contributed by atoms with Crippen LogP contribution in [-0.2, 0) is 19.1 Å². The first kappa shape index (κ1) is 25.8. The average molecular weight is 405 g/mol. The second-order valence-corrected chi connectivity index (χ2v) is 8.66. The first-order chi connectivity index (χ1) is 12.6. The van der Waals surface area contributed by atoms with Gasteiger partial charge in [0.25, 0.3) is 0 Å². The van der Waals surface area contributed by atoms with Crippen LogP contribution in [0.1, 0.15) is 12.8 Å². The molecule has 0 aromatic carbocycles. The van der Waals surface area contributed by atoms with E-state index in [0.29, 0.717) is 22.1 Å². The molecule has 0 rings (SSSR count). The third-order valence-corrected chi connectivity index (χ3v) is 3.82. The molecule has 0 fully saturated rings. The molecule has 0 aliphatic carbocycles. The number of likely N-dealkylation sites (N-methyl/N-ethyl adjacent to an activating group) is 2. The normalized spacial score (nSPS) is 11.6. The maximum absolute atomic E-state index is 12.1. The van der Waals surface area contributed by atoms with Crippen LogP contribution in [0.3, 0.4) is 0 Å². The topological polar surface area (TPSA) is 93.2 Å². The van der Waals surface area contributed by atoms with E-state index >= 15 is 0 Å². The van der Waals surface area contributed by atoms with Crippen LogP contribution in [0.25, 0.3) is 0 Å². The monoisotopic (exact) mass is 404 g/mol. The molecule has 4 amide bonds. The van der Waals surface area contributed by atoms with E-state index in [9.17, 15) is 19.2 Å². The first-order valence-electron chi connectivity index (χ1n) is 9.11. The summed E-state index contributed by atoms with van der Waals surface area (Å²) < 4.78 is 11.3. The summed E-state index contributed by atoms with van der Waals surface area (Å²) in [6.07, 6.45) is -1.95. The summed E-state index contributed by atoms with van der Waals surface area (Å²) in [6, 6.07) is 0. The Morgan fingerprint density at radius 2 is 0.929 bits per heavy atom. The van der Waals surface area contributed by atoms with Gasteiger partial charge in [-0.3, -0.25) is 19.4 Å². The highest BCUT2D eigenvalue weighted by atomic mass is 16.6. The number of quaternary nitrogens is 2. The van der Waals surface area contributed by atoms with Gasteiger partial charge >= 0.3 is 12.2 Å². The maximum atomic E-state index is 12.1. The van der Waals surface area contributed by atoms with Crippen LogP contribution in [-0.4, -0.2) is 125 Å². The second kappa shape index (κ2) is 11.0. The number of carbonyl (C=O) groups excluding carboxylic acids is 4. The molecule has 0 aliphatic heterocycles. The molecule has 0 heterocycles. The Labute approximate surface area is 167 Å². The van der Waals surface area contributed by atoms with Crippen LogP contribution >= 0.6 is 0 Å². The molecule has 0 atom stereocenters. The highest BCUT2D eigenvalue weighted by Gasteiger charge is 2.23. The molecule has 0 saturated carbocycles. The maximum Gasteiger partial charge on any atom is 0.416 e. The second-order valence-electron chi connectivity index (χ2n) is 8.66. The lowest BCUT2D eigenvalue weighted by Crippen LogP contribution is -2.41. The molecule has 0 aromatic rings. The lowest BCUT2D eigenvalue weighted by molar-refractivity contribution is -0.870. The largest absolute Gasteiger partial charge is 0.443 e. The minimum absolute atomic E-state index is 0.181. The summed E-state index contributed by atoms with van der Waals surface area (Å²) in [7, 11) is 14.3. The Morgan fingerprint density at radius 1 is 0.643 bits per heavy atom. The number of amides is 4. The predicted molar refractivity (Wildman–Crippen MR) is 103 cm³/mol. The third-order valence-electron chi connectivity index (χ3n) is 3.82. The quantitative estimate of drug-likeness (QED) is 0.516. The molecule has 0 unspecified atom stereocenters. The van der Waals surface area contributed by atoms with Crippen molar-refractivity contribution in [3.8, 4) is 0 Å². The van der Waals surface area contributed by atoms with Gasteiger partial charge in [-0.2, -0.15) is 0 Å². The van der Waals surface area contributed by atoms with Crippen molar-refractivity contribution >= 4 is 24.0 Å². The van der Waals surface area contributed by atoms with Crippen molar-refractivity contribution in [1.29, 1.82) is 0 Å². The summed E-state index contributed by atoms with van der Waals surface area (Å²) in [5, 5.41) is 0. The minimum Gasteiger partial charge on any atom is -0.443 e. The van der Waals surface area contributed by atoms with E-state index in [1.54, 1.807) is 0 Å². The van der Waals surface area contributed by atoms with Gasteiger partial charge in [0.1, 0.15) is 26.3 Å². The lowest BCUT2D eigenvalue weighted by atomic mass is 10.2. The number of carbonyl (C=O) groups is 4. The zero-order valence-electron chi connectivity index (χ0n) is 18.5. The number of hydrogen-bond donors (Lipinski definition) is 0. The van der Waals surface area contributed by atoms with Gasteiger partial charge in [0.05, 0.1) is 42.3 Å². The van der Waals surface area contributed by atoms with E-state index in [1.807, 2.05) is 42.3 Å². The molecule has 0 bridgehead atoms. The van der Waals surface area contributed by atoms with Crippen molar-refractivity contribution in [2.45, 2.75) is 12.8 Å². The number of ether oxygens (including phenoxy) is 2. The summed E-state index contributed by atoms with van der Waals surface area (Å²) in [5.41, 5.74) is 0. The fourth-order valence-electron chi connectivity index (χ4n) is 1.76. The van der Waals surface area contributed by atoms with E-state index in [0.717, 1.165) is 9.80 Å². The highest BCUT2D eigenvalue weighted by molar-refractivity contribution is 5.96. The smallest absolute Gasteiger partial charge is 0.416 e. The summed E-state index contributed by atoms with van der Waals surface area (Å²) in [5.74, 6) is -1.12. The Bertz CT molecular complexity index is 515. The van der Waals surface area contributed by atoms with Gasteiger partial charge in [-0.1, -0.05) is 0 Å². The molecular formula is C18H36N4O6+2. The number of rotatable bonds is 9. The molecule has 10 nitrogen and oxygen atoms in total.